The lowest BCUT2D eigenvalue weighted by atomic mass is 10.1. The van der Waals surface area contributed by atoms with E-state index in [0.717, 1.165) is 17.8 Å². The number of benzene rings is 1. The van der Waals surface area contributed by atoms with Crippen LogP contribution in [0.5, 0.6) is 5.75 Å². The predicted molar refractivity (Wildman–Crippen MR) is 101 cm³/mol. The first-order chi connectivity index (χ1) is 14.5. The normalized spacial score (nSPS) is 14.1. The molecule has 0 unspecified atom stereocenters. The van der Waals surface area contributed by atoms with Gasteiger partial charge in [-0.2, -0.15) is 21.6 Å². The lowest BCUT2D eigenvalue weighted by molar-refractivity contribution is -0.0500. The maximum absolute atomic E-state index is 14.5. The molecule has 31 heavy (non-hydrogen) atoms. The summed E-state index contributed by atoms with van der Waals surface area (Å²) in [4.78, 5) is 19.1. The molecule has 4 rings (SSSR count). The Morgan fingerprint density at radius 1 is 1.06 bits per heavy atom. The third-order valence-corrected chi connectivity index (χ3v) is 5.56. The zero-order valence-corrected chi connectivity index (χ0v) is 16.3. The van der Waals surface area contributed by atoms with Crippen LogP contribution in [-0.4, -0.2) is 36.3 Å². The van der Waals surface area contributed by atoms with Gasteiger partial charge in [0.2, 0.25) is 0 Å². The summed E-state index contributed by atoms with van der Waals surface area (Å²) in [6.07, 6.45) is 2.04. The number of H-pyrrole nitrogens is 1. The number of fused-ring (bicyclic) bond motifs is 1. The largest absolute Gasteiger partial charge is 0.534 e. The van der Waals surface area contributed by atoms with E-state index in [1.807, 2.05) is 0 Å². The van der Waals surface area contributed by atoms with Gasteiger partial charge in [-0.1, -0.05) is 0 Å². The number of hydrogen-bond donors (Lipinski definition) is 2. The van der Waals surface area contributed by atoms with Gasteiger partial charge in [0.15, 0.2) is 0 Å². The highest BCUT2D eigenvalue weighted by molar-refractivity contribution is 7.88. The zero-order chi connectivity index (χ0) is 22.4. The maximum atomic E-state index is 14.5. The third-order valence-electron chi connectivity index (χ3n) is 4.58. The summed E-state index contributed by atoms with van der Waals surface area (Å²) in [7, 11) is -5.91. The average molecular weight is 455 g/mol. The van der Waals surface area contributed by atoms with E-state index in [9.17, 15) is 30.8 Å². The van der Waals surface area contributed by atoms with Crippen molar-refractivity contribution in [2.24, 2.45) is 0 Å². The Morgan fingerprint density at radius 3 is 2.52 bits per heavy atom. The van der Waals surface area contributed by atoms with Crippen LogP contribution >= 0.6 is 0 Å². The Bertz CT molecular complexity index is 1290. The van der Waals surface area contributed by atoms with Crippen molar-refractivity contribution in [3.05, 3.63) is 59.7 Å². The zero-order valence-electron chi connectivity index (χ0n) is 15.5. The minimum Gasteiger partial charge on any atom is -0.376 e. The molecular weight excluding hydrogens is 442 g/mol. The van der Waals surface area contributed by atoms with Crippen molar-refractivity contribution in [2.75, 3.05) is 6.54 Å². The van der Waals surface area contributed by atoms with Crippen LogP contribution in [0.15, 0.2) is 42.6 Å². The van der Waals surface area contributed by atoms with E-state index in [-0.39, 0.29) is 17.2 Å². The van der Waals surface area contributed by atoms with Gasteiger partial charge in [-0.3, -0.25) is 9.78 Å². The van der Waals surface area contributed by atoms with E-state index < -0.39 is 27.2 Å². The topological polar surface area (TPSA) is 101 Å². The van der Waals surface area contributed by atoms with Gasteiger partial charge in [-0.15, -0.1) is 0 Å². The number of amides is 1. The highest BCUT2D eigenvalue weighted by atomic mass is 32.2. The second-order valence-corrected chi connectivity index (χ2v) is 8.17. The maximum Gasteiger partial charge on any atom is 0.534 e. The molecule has 0 aliphatic carbocycles. The van der Waals surface area contributed by atoms with Crippen molar-refractivity contribution in [1.82, 2.24) is 15.3 Å². The summed E-state index contributed by atoms with van der Waals surface area (Å²) in [6, 6.07) is 7.33. The van der Waals surface area contributed by atoms with Crippen molar-refractivity contribution in [1.29, 1.82) is 0 Å². The minimum atomic E-state index is -5.91. The van der Waals surface area contributed by atoms with E-state index in [0.29, 0.717) is 35.9 Å². The number of halogens is 4. The van der Waals surface area contributed by atoms with Crippen molar-refractivity contribution >= 4 is 16.0 Å². The first-order valence-electron chi connectivity index (χ1n) is 8.82. The van der Waals surface area contributed by atoms with Crippen molar-refractivity contribution in [2.45, 2.75) is 11.9 Å². The molecule has 0 radical (unpaired) electrons. The summed E-state index contributed by atoms with van der Waals surface area (Å²) in [5, 5.41) is 2.73. The summed E-state index contributed by atoms with van der Waals surface area (Å²) in [5.74, 6) is -2.05. The van der Waals surface area contributed by atoms with Crippen molar-refractivity contribution in [3.8, 4) is 28.3 Å². The molecule has 1 amide bonds. The van der Waals surface area contributed by atoms with Crippen LogP contribution < -0.4 is 9.50 Å². The van der Waals surface area contributed by atoms with Gasteiger partial charge in [0.25, 0.3) is 5.91 Å². The molecule has 1 aliphatic rings. The van der Waals surface area contributed by atoms with Gasteiger partial charge in [0, 0.05) is 47.7 Å². The average Bonchev–Trinajstić information content (AvgIpc) is 3.13. The Labute approximate surface area is 173 Å². The fraction of sp³-hybridized carbons (Fsp3) is 0.158. The van der Waals surface area contributed by atoms with Gasteiger partial charge >= 0.3 is 15.6 Å². The molecule has 7 nitrogen and oxygen atoms in total. The molecule has 0 atom stereocenters. The molecule has 3 heterocycles. The SMILES string of the molecule is O=C1NCCc2[nH]c(-c3ccnc(-c4ccc(OS(=O)(=O)C(F)(F)F)cc4F)c3)cc21. The molecule has 0 bridgehead atoms. The molecule has 0 fully saturated rings. The number of hydrogen-bond acceptors (Lipinski definition) is 5. The van der Waals surface area contributed by atoms with Gasteiger partial charge in [0.05, 0.1) is 11.3 Å². The standard InChI is InChI=1S/C19H13F4N3O4S/c20-14-8-11(30-31(28,29)19(21,22)23)1-2-12(14)17-7-10(3-5-24-17)16-9-13-15(26-16)4-6-25-18(13)27/h1-3,5,7-9,26H,4,6H2,(H,25,27). The number of carbonyl (C=O) groups excluding carboxylic acids is 1. The fourth-order valence-corrected chi connectivity index (χ4v) is 3.58. The number of carbonyl (C=O) groups is 1. The minimum absolute atomic E-state index is 0.0762. The molecule has 0 saturated carbocycles. The number of pyridine rings is 1. The molecule has 2 aromatic heterocycles. The number of aromatic nitrogens is 2. The number of nitrogens with one attached hydrogen (secondary N) is 2. The predicted octanol–water partition coefficient (Wildman–Crippen LogP) is 3.40. The lowest BCUT2D eigenvalue weighted by Gasteiger charge is -2.11. The van der Waals surface area contributed by atoms with E-state index in [4.69, 9.17) is 0 Å². The van der Waals surface area contributed by atoms with Crippen LogP contribution in [0.2, 0.25) is 0 Å². The summed E-state index contributed by atoms with van der Waals surface area (Å²) >= 11 is 0. The Balaban J connectivity index is 1.65. The molecule has 12 heteroatoms. The highest BCUT2D eigenvalue weighted by Gasteiger charge is 2.48. The molecular formula is C19H13F4N3O4S. The number of alkyl halides is 3. The molecule has 1 aromatic carbocycles. The van der Waals surface area contributed by atoms with Crippen molar-refractivity contribution in [3.63, 3.8) is 0 Å². The van der Waals surface area contributed by atoms with Crippen LogP contribution in [0.1, 0.15) is 16.1 Å². The quantitative estimate of drug-likeness (QED) is 0.357. The monoisotopic (exact) mass is 455 g/mol. The lowest BCUT2D eigenvalue weighted by Crippen LogP contribution is -2.31. The summed E-state index contributed by atoms with van der Waals surface area (Å²) in [6.45, 7) is 0.511. The number of rotatable bonds is 4. The summed E-state index contributed by atoms with van der Waals surface area (Å²) < 4.78 is 77.9. The smallest absolute Gasteiger partial charge is 0.376 e. The van der Waals surface area contributed by atoms with E-state index >= 15 is 0 Å². The van der Waals surface area contributed by atoms with Crippen LogP contribution in [0.3, 0.4) is 0 Å². The molecule has 0 saturated heterocycles. The van der Waals surface area contributed by atoms with Crippen LogP contribution in [-0.2, 0) is 16.5 Å². The first kappa shape index (κ1) is 20.8. The van der Waals surface area contributed by atoms with E-state index in [2.05, 4.69) is 19.5 Å². The highest BCUT2D eigenvalue weighted by Crippen LogP contribution is 2.32. The van der Waals surface area contributed by atoms with Gasteiger partial charge in [-0.25, -0.2) is 4.39 Å². The van der Waals surface area contributed by atoms with Crippen molar-refractivity contribution < 1.29 is 35.0 Å². The molecule has 0 spiro atoms. The molecule has 3 aromatic rings. The third kappa shape index (κ3) is 3.98. The van der Waals surface area contributed by atoms with Gasteiger partial charge in [-0.05, 0) is 30.3 Å². The van der Waals surface area contributed by atoms with Crippen LogP contribution in [0.25, 0.3) is 22.5 Å². The molecule has 162 valence electrons. The van der Waals surface area contributed by atoms with E-state index in [1.54, 1.807) is 12.1 Å². The first-order valence-corrected chi connectivity index (χ1v) is 10.2. The Morgan fingerprint density at radius 2 is 1.84 bits per heavy atom. The second kappa shape index (κ2) is 7.38. The fourth-order valence-electron chi connectivity index (χ4n) is 3.12. The van der Waals surface area contributed by atoms with Crippen LogP contribution in [0.4, 0.5) is 17.6 Å². The van der Waals surface area contributed by atoms with Gasteiger partial charge < -0.3 is 14.5 Å². The van der Waals surface area contributed by atoms with Gasteiger partial charge in [0.1, 0.15) is 11.6 Å². The van der Waals surface area contributed by atoms with Crippen LogP contribution in [0, 0.1) is 5.82 Å². The molecule has 2 N–H and O–H groups in total. The number of aromatic amines is 1. The Kier molecular flexibility index (Phi) is 4.96. The van der Waals surface area contributed by atoms with E-state index in [1.165, 1.54) is 12.3 Å². The molecule has 1 aliphatic heterocycles. The Hall–Kier alpha value is -3.41. The second-order valence-electron chi connectivity index (χ2n) is 6.64. The summed E-state index contributed by atoms with van der Waals surface area (Å²) in [5.41, 5.74) is -3.06. The number of nitrogens with zero attached hydrogens (tertiary/aromatic N) is 1.